The first-order valence-corrected chi connectivity index (χ1v) is 24.5. The fourth-order valence-corrected chi connectivity index (χ4v) is 6.89. The van der Waals surface area contributed by atoms with Gasteiger partial charge in [-0.25, -0.2) is 0 Å². The van der Waals surface area contributed by atoms with Gasteiger partial charge in [0.25, 0.3) is 0 Å². The number of hydrogen-bond donors (Lipinski definition) is 0. The summed E-state index contributed by atoms with van der Waals surface area (Å²) in [5.41, 5.74) is 0. The summed E-state index contributed by atoms with van der Waals surface area (Å²) in [5.74, 6) is -0.412. The van der Waals surface area contributed by atoms with Gasteiger partial charge >= 0.3 is 11.9 Å². The minimum absolute atomic E-state index is 0.0780. The second kappa shape index (κ2) is 47.5. The molecule has 0 aromatic carbocycles. The van der Waals surface area contributed by atoms with Crippen molar-refractivity contribution in [3.63, 3.8) is 0 Å². The fraction of sp³-hybridized carbons (Fsp3) is 0.843. The smallest absolute Gasteiger partial charge is 0.306 e. The van der Waals surface area contributed by atoms with Crippen molar-refractivity contribution in [1.82, 2.24) is 0 Å². The molecule has 56 heavy (non-hydrogen) atoms. The predicted molar refractivity (Wildman–Crippen MR) is 242 cm³/mol. The molecule has 5 nitrogen and oxygen atoms in total. The van der Waals surface area contributed by atoms with Crippen LogP contribution in [0.1, 0.15) is 252 Å². The van der Waals surface area contributed by atoms with E-state index in [1.165, 1.54) is 154 Å². The van der Waals surface area contributed by atoms with Gasteiger partial charge in [-0.3, -0.25) is 9.59 Å². The van der Waals surface area contributed by atoms with Gasteiger partial charge in [-0.15, -0.1) is 0 Å². The van der Waals surface area contributed by atoms with E-state index in [1.807, 2.05) is 0 Å². The van der Waals surface area contributed by atoms with Crippen LogP contribution in [0.3, 0.4) is 0 Å². The van der Waals surface area contributed by atoms with Crippen LogP contribution in [0.5, 0.6) is 0 Å². The number of unbranched alkanes of at least 4 members (excludes halogenated alkanes) is 28. The van der Waals surface area contributed by atoms with Gasteiger partial charge in [0.15, 0.2) is 6.10 Å². The molecule has 0 bridgehead atoms. The van der Waals surface area contributed by atoms with Gasteiger partial charge in [-0.1, -0.05) is 186 Å². The van der Waals surface area contributed by atoms with E-state index in [1.54, 1.807) is 0 Å². The Bertz CT molecular complexity index is 893. The standard InChI is InChI=1S/C51H94O5/c1-4-7-10-13-16-19-22-25-26-28-29-32-35-38-41-44-50(52)55-48-49(47-54-46-43-40-37-34-31-24-21-18-15-12-9-6-3)56-51(53)45-42-39-36-33-30-27-23-20-17-14-11-8-5-2/h15,18,20,23,25-26,49H,4-14,16-17,19,21-22,24,27-48H2,1-3H3/b18-15-,23-20-,26-25-. The van der Waals surface area contributed by atoms with E-state index in [0.717, 1.165) is 64.2 Å². The van der Waals surface area contributed by atoms with Crippen molar-refractivity contribution in [2.45, 2.75) is 258 Å². The van der Waals surface area contributed by atoms with Crippen LogP contribution in [0.4, 0.5) is 0 Å². The summed E-state index contributed by atoms with van der Waals surface area (Å²) in [5, 5.41) is 0. The molecule has 0 aliphatic carbocycles. The molecule has 0 aliphatic rings. The molecular formula is C51H94O5. The molecule has 0 spiro atoms. The zero-order valence-corrected chi connectivity index (χ0v) is 37.7. The van der Waals surface area contributed by atoms with Crippen LogP contribution in [0.15, 0.2) is 36.5 Å². The molecule has 0 aromatic rings. The lowest BCUT2D eigenvalue weighted by Crippen LogP contribution is -2.30. The van der Waals surface area contributed by atoms with Gasteiger partial charge in [0, 0.05) is 19.4 Å². The minimum Gasteiger partial charge on any atom is -0.462 e. The number of rotatable bonds is 45. The number of allylic oxidation sites excluding steroid dienone is 6. The van der Waals surface area contributed by atoms with Crippen molar-refractivity contribution < 1.29 is 23.8 Å². The number of hydrogen-bond acceptors (Lipinski definition) is 5. The summed E-state index contributed by atoms with van der Waals surface area (Å²) in [6.07, 6.45) is 55.7. The zero-order chi connectivity index (χ0) is 40.7. The van der Waals surface area contributed by atoms with Gasteiger partial charge in [0.1, 0.15) is 6.61 Å². The molecule has 0 fully saturated rings. The fourth-order valence-electron chi connectivity index (χ4n) is 6.89. The van der Waals surface area contributed by atoms with Crippen LogP contribution in [0, 0.1) is 0 Å². The van der Waals surface area contributed by atoms with Crippen LogP contribution in [-0.2, 0) is 23.8 Å². The van der Waals surface area contributed by atoms with E-state index in [0.29, 0.717) is 19.4 Å². The molecule has 0 N–H and O–H groups in total. The normalized spacial score (nSPS) is 12.4. The molecule has 0 amide bonds. The Hall–Kier alpha value is -1.88. The second-order valence-corrected chi connectivity index (χ2v) is 16.4. The summed E-state index contributed by atoms with van der Waals surface area (Å²) in [6, 6.07) is 0. The van der Waals surface area contributed by atoms with Gasteiger partial charge in [-0.05, 0) is 89.9 Å². The van der Waals surface area contributed by atoms with E-state index in [9.17, 15) is 9.59 Å². The predicted octanol–water partition coefficient (Wildman–Crippen LogP) is 16.2. The van der Waals surface area contributed by atoms with Crippen molar-refractivity contribution in [2.24, 2.45) is 0 Å². The van der Waals surface area contributed by atoms with E-state index < -0.39 is 6.10 Å². The minimum atomic E-state index is -0.542. The highest BCUT2D eigenvalue weighted by molar-refractivity contribution is 5.70. The Kier molecular flexibility index (Phi) is 45.9. The lowest BCUT2D eigenvalue weighted by Gasteiger charge is -2.18. The van der Waals surface area contributed by atoms with Crippen molar-refractivity contribution in [1.29, 1.82) is 0 Å². The Morgan fingerprint density at radius 2 is 0.714 bits per heavy atom. The summed E-state index contributed by atoms with van der Waals surface area (Å²) >= 11 is 0. The first-order valence-electron chi connectivity index (χ1n) is 24.5. The Labute approximate surface area is 349 Å². The van der Waals surface area contributed by atoms with Crippen LogP contribution < -0.4 is 0 Å². The Morgan fingerprint density at radius 3 is 1.16 bits per heavy atom. The highest BCUT2D eigenvalue weighted by Crippen LogP contribution is 2.14. The van der Waals surface area contributed by atoms with Crippen LogP contribution >= 0.6 is 0 Å². The molecule has 0 heterocycles. The molecule has 0 rings (SSSR count). The Balaban J connectivity index is 4.26. The van der Waals surface area contributed by atoms with Gasteiger partial charge < -0.3 is 14.2 Å². The molecule has 0 aromatic heterocycles. The third-order valence-electron chi connectivity index (χ3n) is 10.6. The molecular weight excluding hydrogens is 693 g/mol. The van der Waals surface area contributed by atoms with Gasteiger partial charge in [-0.2, -0.15) is 0 Å². The third kappa shape index (κ3) is 44.8. The largest absolute Gasteiger partial charge is 0.462 e. The van der Waals surface area contributed by atoms with E-state index >= 15 is 0 Å². The molecule has 0 radical (unpaired) electrons. The van der Waals surface area contributed by atoms with Crippen LogP contribution in [0.25, 0.3) is 0 Å². The van der Waals surface area contributed by atoms with Crippen molar-refractivity contribution in [3.8, 4) is 0 Å². The maximum absolute atomic E-state index is 12.7. The molecule has 0 aliphatic heterocycles. The van der Waals surface area contributed by atoms with E-state index in [2.05, 4.69) is 57.2 Å². The van der Waals surface area contributed by atoms with Crippen LogP contribution in [0.2, 0.25) is 0 Å². The molecule has 1 unspecified atom stereocenters. The Morgan fingerprint density at radius 1 is 0.375 bits per heavy atom. The molecule has 0 saturated carbocycles. The first-order chi connectivity index (χ1) is 27.6. The first kappa shape index (κ1) is 54.1. The summed E-state index contributed by atoms with van der Waals surface area (Å²) < 4.78 is 17.3. The number of esters is 2. The van der Waals surface area contributed by atoms with Gasteiger partial charge in [0.05, 0.1) is 6.61 Å². The third-order valence-corrected chi connectivity index (χ3v) is 10.6. The van der Waals surface area contributed by atoms with Crippen LogP contribution in [-0.4, -0.2) is 37.9 Å². The topological polar surface area (TPSA) is 61.8 Å². The molecule has 0 saturated heterocycles. The highest BCUT2D eigenvalue weighted by Gasteiger charge is 2.17. The van der Waals surface area contributed by atoms with E-state index in [4.69, 9.17) is 14.2 Å². The van der Waals surface area contributed by atoms with Gasteiger partial charge in [0.2, 0.25) is 0 Å². The molecule has 328 valence electrons. The average Bonchev–Trinajstić information content (AvgIpc) is 3.20. The maximum Gasteiger partial charge on any atom is 0.306 e. The summed E-state index contributed by atoms with van der Waals surface area (Å²) in [4.78, 5) is 25.3. The number of carbonyl (C=O) groups is 2. The molecule has 1 atom stereocenters. The average molecular weight is 787 g/mol. The van der Waals surface area contributed by atoms with Crippen molar-refractivity contribution >= 4 is 11.9 Å². The summed E-state index contributed by atoms with van der Waals surface area (Å²) in [7, 11) is 0. The zero-order valence-electron chi connectivity index (χ0n) is 37.7. The van der Waals surface area contributed by atoms with E-state index in [-0.39, 0.29) is 25.2 Å². The lowest BCUT2D eigenvalue weighted by atomic mass is 10.1. The number of ether oxygens (including phenoxy) is 3. The number of carbonyl (C=O) groups excluding carboxylic acids is 2. The summed E-state index contributed by atoms with van der Waals surface area (Å²) in [6.45, 7) is 7.77. The van der Waals surface area contributed by atoms with Crippen molar-refractivity contribution in [2.75, 3.05) is 19.8 Å². The maximum atomic E-state index is 12.7. The monoisotopic (exact) mass is 787 g/mol. The second-order valence-electron chi connectivity index (χ2n) is 16.4. The SMILES string of the molecule is CCCC/C=C\CCCCCCCCOCC(COC(=O)CCCCCCC/C=C\CCCCCCCC)OC(=O)CCCCCCC/C=C\CCCCCC. The quantitative estimate of drug-likeness (QED) is 0.0349. The van der Waals surface area contributed by atoms with Crippen molar-refractivity contribution in [3.05, 3.63) is 36.5 Å². The molecule has 5 heteroatoms. The lowest BCUT2D eigenvalue weighted by molar-refractivity contribution is -0.163. The highest BCUT2D eigenvalue weighted by atomic mass is 16.6.